The molecule has 0 saturated heterocycles. The molecule has 5 heteroatoms. The summed E-state index contributed by atoms with van der Waals surface area (Å²) in [5, 5.41) is 0. The Morgan fingerprint density at radius 3 is 2.45 bits per heavy atom. The van der Waals surface area contributed by atoms with Crippen molar-refractivity contribution in [1.82, 2.24) is 0 Å². The van der Waals surface area contributed by atoms with Crippen molar-refractivity contribution in [3.63, 3.8) is 0 Å². The maximum absolute atomic E-state index is 10.0. The van der Waals surface area contributed by atoms with Gasteiger partial charge in [0.2, 0.25) is 5.72 Å². The number of aliphatic imine (C=N–C) groups is 1. The predicted octanol–water partition coefficient (Wildman–Crippen LogP) is -0.687. The van der Waals surface area contributed by atoms with Gasteiger partial charge in [-0.25, -0.2) is 4.99 Å². The van der Waals surface area contributed by atoms with E-state index in [4.69, 9.17) is 16.2 Å². The molecule has 0 aliphatic heterocycles. The van der Waals surface area contributed by atoms with Crippen molar-refractivity contribution in [3.8, 4) is 0 Å². The van der Waals surface area contributed by atoms with Crippen molar-refractivity contribution in [1.29, 1.82) is 0 Å². The molecule has 0 aromatic rings. The van der Waals surface area contributed by atoms with E-state index in [-0.39, 0.29) is 5.96 Å². The summed E-state index contributed by atoms with van der Waals surface area (Å²) in [5.41, 5.74) is 9.56. The average molecular weight is 157 g/mol. The fourth-order valence-electron chi connectivity index (χ4n) is 1.06. The zero-order valence-electron chi connectivity index (χ0n) is 6.12. The lowest BCUT2D eigenvalue weighted by molar-refractivity contribution is -0.151. The van der Waals surface area contributed by atoms with E-state index in [0.29, 0.717) is 19.3 Å². The number of carbonyl (C=O) groups is 1. The minimum Gasteiger partial charge on any atom is -0.439 e. The summed E-state index contributed by atoms with van der Waals surface area (Å²) in [6, 6.07) is 0. The normalized spacial score (nSPS) is 19.6. The topological polar surface area (TPSA) is 90.7 Å². The second-order valence-corrected chi connectivity index (χ2v) is 2.55. The number of nitrogens with zero attached hydrogens (tertiary/aromatic N) is 1. The Balaban J connectivity index is 2.60. The molecule has 0 atom stereocenters. The van der Waals surface area contributed by atoms with E-state index in [0.717, 1.165) is 6.42 Å². The van der Waals surface area contributed by atoms with Crippen molar-refractivity contribution in [2.75, 3.05) is 0 Å². The molecule has 0 unspecified atom stereocenters. The summed E-state index contributed by atoms with van der Waals surface area (Å²) in [5.74, 6) is -0.0356. The summed E-state index contributed by atoms with van der Waals surface area (Å²) in [4.78, 5) is 13.8. The quantitative estimate of drug-likeness (QED) is 0.322. The third kappa shape index (κ3) is 1.60. The summed E-state index contributed by atoms with van der Waals surface area (Å²) in [6.07, 6.45) is 2.41. The van der Waals surface area contributed by atoms with Crippen LogP contribution in [0.15, 0.2) is 4.99 Å². The fraction of sp³-hybridized carbons (Fsp3) is 0.667. The standard InChI is InChI=1S/C6H11N3O2/c7-5(8)9-6(11-4-10)2-1-3-6/h4H,1-3H2,(H4,7,8,9). The Kier molecular flexibility index (Phi) is 1.98. The van der Waals surface area contributed by atoms with Gasteiger partial charge in [0.15, 0.2) is 5.96 Å². The number of ether oxygens (including phenoxy) is 1. The van der Waals surface area contributed by atoms with Crippen molar-refractivity contribution < 1.29 is 9.53 Å². The smallest absolute Gasteiger partial charge is 0.295 e. The van der Waals surface area contributed by atoms with Crippen molar-refractivity contribution in [3.05, 3.63) is 0 Å². The molecule has 11 heavy (non-hydrogen) atoms. The minimum absolute atomic E-state index is 0.0356. The van der Waals surface area contributed by atoms with E-state index in [1.807, 2.05) is 0 Å². The van der Waals surface area contributed by atoms with Gasteiger partial charge in [-0.2, -0.15) is 0 Å². The van der Waals surface area contributed by atoms with Crippen LogP contribution in [-0.4, -0.2) is 18.2 Å². The number of guanidine groups is 1. The molecule has 0 aromatic heterocycles. The average Bonchev–Trinajstić information content (AvgIpc) is 1.82. The van der Waals surface area contributed by atoms with Gasteiger partial charge in [-0.1, -0.05) is 0 Å². The van der Waals surface area contributed by atoms with Crippen LogP contribution in [0, 0.1) is 0 Å². The lowest BCUT2D eigenvalue weighted by Crippen LogP contribution is -2.41. The van der Waals surface area contributed by atoms with E-state index in [1.165, 1.54) is 0 Å². The molecule has 0 heterocycles. The Hall–Kier alpha value is -1.26. The van der Waals surface area contributed by atoms with Crippen LogP contribution in [-0.2, 0) is 9.53 Å². The maximum atomic E-state index is 10.0. The molecule has 1 rings (SSSR count). The second-order valence-electron chi connectivity index (χ2n) is 2.55. The maximum Gasteiger partial charge on any atom is 0.295 e. The molecule has 4 N–H and O–H groups in total. The van der Waals surface area contributed by atoms with Crippen LogP contribution in [0.1, 0.15) is 19.3 Å². The van der Waals surface area contributed by atoms with Crippen molar-refractivity contribution >= 4 is 12.4 Å². The zero-order valence-corrected chi connectivity index (χ0v) is 6.12. The Labute approximate surface area is 64.4 Å². The van der Waals surface area contributed by atoms with Gasteiger partial charge in [0.25, 0.3) is 6.47 Å². The first-order valence-corrected chi connectivity index (χ1v) is 3.41. The monoisotopic (exact) mass is 157 g/mol. The molecule has 1 aliphatic carbocycles. The molecule has 1 fully saturated rings. The molecule has 62 valence electrons. The van der Waals surface area contributed by atoms with E-state index < -0.39 is 5.72 Å². The molecule has 0 radical (unpaired) electrons. The molecule has 0 spiro atoms. The first kappa shape index (κ1) is 7.84. The first-order chi connectivity index (χ1) is 5.18. The number of hydrogen-bond donors (Lipinski definition) is 2. The van der Waals surface area contributed by atoms with Gasteiger partial charge in [-0.05, 0) is 6.42 Å². The van der Waals surface area contributed by atoms with E-state index in [2.05, 4.69) is 4.99 Å². The van der Waals surface area contributed by atoms with Gasteiger partial charge in [-0.15, -0.1) is 0 Å². The van der Waals surface area contributed by atoms with Crippen LogP contribution in [0.3, 0.4) is 0 Å². The van der Waals surface area contributed by atoms with Gasteiger partial charge in [0.05, 0.1) is 0 Å². The molecule has 0 bridgehead atoms. The summed E-state index contributed by atoms with van der Waals surface area (Å²) >= 11 is 0. The van der Waals surface area contributed by atoms with E-state index in [1.54, 1.807) is 0 Å². The minimum atomic E-state index is -0.736. The number of carbonyl (C=O) groups excluding carboxylic acids is 1. The molecular weight excluding hydrogens is 146 g/mol. The number of nitrogens with two attached hydrogens (primary N) is 2. The highest BCUT2D eigenvalue weighted by molar-refractivity contribution is 5.76. The summed E-state index contributed by atoms with van der Waals surface area (Å²) in [6.45, 7) is 0.381. The fourth-order valence-corrected chi connectivity index (χ4v) is 1.06. The summed E-state index contributed by atoms with van der Waals surface area (Å²) < 4.78 is 4.75. The van der Waals surface area contributed by atoms with Gasteiger partial charge < -0.3 is 16.2 Å². The van der Waals surface area contributed by atoms with Crippen molar-refractivity contribution in [2.45, 2.75) is 25.0 Å². The summed E-state index contributed by atoms with van der Waals surface area (Å²) in [7, 11) is 0. The molecular formula is C6H11N3O2. The second kappa shape index (κ2) is 2.77. The largest absolute Gasteiger partial charge is 0.439 e. The van der Waals surface area contributed by atoms with Gasteiger partial charge >= 0.3 is 0 Å². The van der Waals surface area contributed by atoms with Gasteiger partial charge in [0.1, 0.15) is 0 Å². The van der Waals surface area contributed by atoms with Crippen LogP contribution >= 0.6 is 0 Å². The lowest BCUT2D eigenvalue weighted by Gasteiger charge is -2.35. The Bertz CT molecular complexity index is 182. The van der Waals surface area contributed by atoms with Crippen LogP contribution in [0.4, 0.5) is 0 Å². The molecule has 0 amide bonds. The zero-order chi connectivity index (χ0) is 8.32. The third-order valence-corrected chi connectivity index (χ3v) is 1.74. The van der Waals surface area contributed by atoms with Crippen molar-refractivity contribution in [2.24, 2.45) is 16.5 Å². The number of rotatable bonds is 3. The molecule has 5 nitrogen and oxygen atoms in total. The van der Waals surface area contributed by atoms with Crippen LogP contribution in [0.5, 0.6) is 0 Å². The van der Waals surface area contributed by atoms with E-state index in [9.17, 15) is 4.79 Å². The van der Waals surface area contributed by atoms with E-state index >= 15 is 0 Å². The van der Waals surface area contributed by atoms with Gasteiger partial charge in [0, 0.05) is 12.8 Å². The predicted molar refractivity (Wildman–Crippen MR) is 39.5 cm³/mol. The lowest BCUT2D eigenvalue weighted by atomic mass is 9.89. The van der Waals surface area contributed by atoms with Crippen LogP contribution in [0.2, 0.25) is 0 Å². The van der Waals surface area contributed by atoms with Gasteiger partial charge in [-0.3, -0.25) is 4.79 Å². The third-order valence-electron chi connectivity index (χ3n) is 1.74. The Morgan fingerprint density at radius 1 is 1.55 bits per heavy atom. The highest BCUT2D eigenvalue weighted by Gasteiger charge is 2.38. The SMILES string of the molecule is NC(N)=NC1(OC=O)CCC1. The molecule has 1 saturated carbocycles. The molecule has 1 aliphatic rings. The first-order valence-electron chi connectivity index (χ1n) is 3.41. The highest BCUT2D eigenvalue weighted by atomic mass is 16.6. The van der Waals surface area contributed by atoms with Crippen LogP contribution in [0.25, 0.3) is 0 Å². The highest BCUT2D eigenvalue weighted by Crippen LogP contribution is 2.35. The number of hydrogen-bond acceptors (Lipinski definition) is 3. The van der Waals surface area contributed by atoms with Crippen LogP contribution < -0.4 is 11.5 Å². The Morgan fingerprint density at radius 2 is 2.18 bits per heavy atom. The molecule has 0 aromatic carbocycles.